The molecule has 0 aliphatic rings. The summed E-state index contributed by atoms with van der Waals surface area (Å²) in [5, 5.41) is 15.5. The van der Waals surface area contributed by atoms with E-state index in [-0.39, 0.29) is 6.04 Å². The summed E-state index contributed by atoms with van der Waals surface area (Å²) >= 11 is 0. The molecule has 142 valence electrons. The third-order valence-corrected chi connectivity index (χ3v) is 3.95. The van der Waals surface area contributed by atoms with Crippen LogP contribution in [0.15, 0.2) is 18.2 Å². The molecule has 1 rings (SSSR count). The molecule has 1 unspecified atom stereocenters. The van der Waals surface area contributed by atoms with E-state index >= 15 is 0 Å². The molecular weight excluding hydrogens is 330 g/mol. The highest BCUT2D eigenvalue weighted by atomic mass is 16.6. The lowest BCUT2D eigenvalue weighted by molar-refractivity contribution is -0.530. The molecule has 0 aliphatic heterocycles. The van der Waals surface area contributed by atoms with Gasteiger partial charge >= 0.3 is 6.09 Å². The van der Waals surface area contributed by atoms with E-state index in [1.165, 1.54) is 11.1 Å². The average Bonchev–Trinajstić information content (AvgIpc) is 2.59. The first-order valence-corrected chi connectivity index (χ1v) is 8.65. The molecule has 0 bridgehead atoms. The quantitative estimate of drug-likeness (QED) is 0.279. The van der Waals surface area contributed by atoms with Gasteiger partial charge in [0.05, 0.1) is 12.1 Å². The van der Waals surface area contributed by atoms with Crippen molar-refractivity contribution in [2.75, 3.05) is 20.1 Å². The van der Waals surface area contributed by atoms with E-state index < -0.39 is 11.6 Å². The van der Waals surface area contributed by atoms with Gasteiger partial charge in [-0.15, -0.1) is 6.42 Å². The number of rotatable bonds is 6. The van der Waals surface area contributed by atoms with Crippen LogP contribution in [0.3, 0.4) is 0 Å². The monoisotopic (exact) mass is 359 g/mol. The van der Waals surface area contributed by atoms with Crippen molar-refractivity contribution in [3.63, 3.8) is 0 Å². The Kier molecular flexibility index (Phi) is 7.66. The Hall–Kier alpha value is -2.52. The first-order chi connectivity index (χ1) is 12.1. The van der Waals surface area contributed by atoms with Crippen molar-refractivity contribution in [3.05, 3.63) is 34.5 Å². The van der Waals surface area contributed by atoms with E-state index in [2.05, 4.69) is 11.2 Å². The Morgan fingerprint density at radius 2 is 2.15 bits per heavy atom. The number of hydrogen-bond donors (Lipinski definition) is 1. The van der Waals surface area contributed by atoms with Crippen LogP contribution in [0.25, 0.3) is 0 Å². The van der Waals surface area contributed by atoms with Gasteiger partial charge in [-0.25, -0.2) is 9.53 Å². The van der Waals surface area contributed by atoms with Crippen molar-refractivity contribution in [1.82, 2.24) is 10.2 Å². The highest BCUT2D eigenvalue weighted by Crippen LogP contribution is 2.24. The molecule has 0 saturated carbocycles. The summed E-state index contributed by atoms with van der Waals surface area (Å²) < 4.78 is 6.38. The van der Waals surface area contributed by atoms with Crippen LogP contribution in [0.1, 0.15) is 51.8 Å². The molecule has 0 heterocycles. The Morgan fingerprint density at radius 3 is 2.69 bits per heavy atom. The third kappa shape index (κ3) is 6.08. The van der Waals surface area contributed by atoms with Crippen LogP contribution in [-0.4, -0.2) is 47.6 Å². The third-order valence-electron chi connectivity index (χ3n) is 3.95. The van der Waals surface area contributed by atoms with Crippen LogP contribution in [0, 0.1) is 17.6 Å². The molecule has 0 radical (unpaired) electrons. The second-order valence-electron chi connectivity index (χ2n) is 7.11. The van der Waals surface area contributed by atoms with E-state index in [1.54, 1.807) is 19.2 Å². The fourth-order valence-corrected chi connectivity index (χ4v) is 1.97. The standard InChI is InChI=1S/C20H29N3O3/c1-8-12-21-15(3)16-10-11-17(14-23(25)20(4,5)6)18(13-16)26-19(24)22(7)9-2/h1,10-11,13-15,21H,9,12H2,2-7H3/b23-14-. The predicted octanol–water partition coefficient (Wildman–Crippen LogP) is 3.15. The Balaban J connectivity index is 3.28. The van der Waals surface area contributed by atoms with Gasteiger partial charge in [-0.05, 0) is 31.5 Å². The minimum Gasteiger partial charge on any atom is -0.623 e. The van der Waals surface area contributed by atoms with Crippen molar-refractivity contribution in [2.45, 2.75) is 46.2 Å². The zero-order valence-corrected chi connectivity index (χ0v) is 16.5. The fraction of sp³-hybridized carbons (Fsp3) is 0.500. The molecule has 1 aromatic carbocycles. The molecule has 1 amide bonds. The van der Waals surface area contributed by atoms with Crippen molar-refractivity contribution >= 4 is 12.3 Å². The Bertz CT molecular complexity index is 699. The van der Waals surface area contributed by atoms with Crippen LogP contribution >= 0.6 is 0 Å². The predicted molar refractivity (Wildman–Crippen MR) is 105 cm³/mol. The van der Waals surface area contributed by atoms with Gasteiger partial charge < -0.3 is 14.8 Å². The Morgan fingerprint density at radius 1 is 1.50 bits per heavy atom. The molecule has 0 aliphatic carbocycles. The SMILES string of the molecule is C#CCNC(C)c1ccc(/C=[N+](\[O-])C(C)(C)C)c(OC(=O)N(C)CC)c1. The minimum absolute atomic E-state index is 0.0209. The molecule has 1 aromatic rings. The number of hydrogen-bond acceptors (Lipinski definition) is 4. The molecule has 0 fully saturated rings. The highest BCUT2D eigenvalue weighted by Gasteiger charge is 2.21. The molecule has 6 nitrogen and oxygen atoms in total. The first kappa shape index (κ1) is 21.5. The molecule has 0 aromatic heterocycles. The maximum atomic E-state index is 12.3. The van der Waals surface area contributed by atoms with Crippen molar-refractivity contribution in [2.24, 2.45) is 0 Å². The molecule has 6 heteroatoms. The summed E-state index contributed by atoms with van der Waals surface area (Å²) in [6.07, 6.45) is 6.25. The van der Waals surface area contributed by atoms with Crippen molar-refractivity contribution in [1.29, 1.82) is 0 Å². The molecule has 1 N–H and O–H groups in total. The van der Waals surface area contributed by atoms with Gasteiger partial charge in [0.1, 0.15) is 5.75 Å². The maximum Gasteiger partial charge on any atom is 0.414 e. The second-order valence-corrected chi connectivity index (χ2v) is 7.11. The number of terminal acetylenes is 1. The zero-order chi connectivity index (χ0) is 19.9. The lowest BCUT2D eigenvalue weighted by atomic mass is 10.0. The van der Waals surface area contributed by atoms with Gasteiger partial charge in [0.2, 0.25) is 0 Å². The largest absolute Gasteiger partial charge is 0.623 e. The second kappa shape index (κ2) is 9.25. The fourth-order valence-electron chi connectivity index (χ4n) is 1.97. The van der Waals surface area contributed by atoms with E-state index in [0.29, 0.717) is 24.4 Å². The zero-order valence-electron chi connectivity index (χ0n) is 16.5. The summed E-state index contributed by atoms with van der Waals surface area (Å²) in [5.74, 6) is 2.87. The van der Waals surface area contributed by atoms with Gasteiger partial charge in [-0.1, -0.05) is 12.0 Å². The van der Waals surface area contributed by atoms with Gasteiger partial charge in [-0.3, -0.25) is 5.32 Å². The smallest absolute Gasteiger partial charge is 0.414 e. The average molecular weight is 359 g/mol. The van der Waals surface area contributed by atoms with Crippen LogP contribution in [0.5, 0.6) is 5.75 Å². The normalized spacial score (nSPS) is 13.0. The maximum absolute atomic E-state index is 12.3. The molecular formula is C20H29N3O3. The molecule has 0 spiro atoms. The minimum atomic E-state index is -0.595. The van der Waals surface area contributed by atoms with Crippen molar-refractivity contribution in [3.8, 4) is 18.1 Å². The number of benzene rings is 1. The number of hydroxylamine groups is 1. The van der Waals surface area contributed by atoms with E-state index in [9.17, 15) is 10.0 Å². The topological polar surface area (TPSA) is 67.6 Å². The van der Waals surface area contributed by atoms with E-state index in [4.69, 9.17) is 11.2 Å². The number of nitrogens with one attached hydrogen (secondary N) is 1. The van der Waals surface area contributed by atoms with Gasteiger partial charge in [0.25, 0.3) is 0 Å². The van der Waals surface area contributed by atoms with E-state index in [1.807, 2.05) is 40.7 Å². The van der Waals surface area contributed by atoms with Crippen molar-refractivity contribution < 1.29 is 14.3 Å². The first-order valence-electron chi connectivity index (χ1n) is 8.65. The van der Waals surface area contributed by atoms with Gasteiger partial charge in [-0.2, -0.15) is 0 Å². The van der Waals surface area contributed by atoms with E-state index in [0.717, 1.165) is 10.3 Å². The summed E-state index contributed by atoms with van der Waals surface area (Å²) in [5.41, 5.74) is 0.857. The molecule has 1 atom stereocenters. The van der Waals surface area contributed by atoms with Crippen LogP contribution in [0.2, 0.25) is 0 Å². The number of carbonyl (C=O) groups is 1. The highest BCUT2D eigenvalue weighted by molar-refractivity contribution is 5.83. The number of ether oxygens (including phenoxy) is 1. The number of carbonyl (C=O) groups excluding carboxylic acids is 1. The molecule has 0 saturated heterocycles. The number of amides is 1. The lowest BCUT2D eigenvalue weighted by Crippen LogP contribution is -2.31. The van der Waals surface area contributed by atoms with Gasteiger partial charge in [0, 0.05) is 40.4 Å². The summed E-state index contributed by atoms with van der Waals surface area (Å²) in [4.78, 5) is 13.6. The van der Waals surface area contributed by atoms with Crippen LogP contribution < -0.4 is 10.1 Å². The summed E-state index contributed by atoms with van der Waals surface area (Å²) in [6, 6.07) is 5.40. The summed E-state index contributed by atoms with van der Waals surface area (Å²) in [7, 11) is 1.65. The van der Waals surface area contributed by atoms with Crippen LogP contribution in [-0.2, 0) is 0 Å². The Labute approximate surface area is 156 Å². The number of nitrogens with zero attached hydrogens (tertiary/aromatic N) is 2. The van der Waals surface area contributed by atoms with Gasteiger partial charge in [0.15, 0.2) is 11.8 Å². The summed E-state index contributed by atoms with van der Waals surface area (Å²) in [6.45, 7) is 10.2. The molecule has 26 heavy (non-hydrogen) atoms. The lowest BCUT2D eigenvalue weighted by Gasteiger charge is -2.20. The van der Waals surface area contributed by atoms with Crippen LogP contribution in [0.4, 0.5) is 4.79 Å².